The summed E-state index contributed by atoms with van der Waals surface area (Å²) in [6.07, 6.45) is 4.89. The summed E-state index contributed by atoms with van der Waals surface area (Å²) < 4.78 is 0. The first kappa shape index (κ1) is 28.7. The van der Waals surface area contributed by atoms with Gasteiger partial charge < -0.3 is 37.3 Å². The molecule has 2 aromatic heterocycles. The fourth-order valence-electron chi connectivity index (χ4n) is 4.41. The van der Waals surface area contributed by atoms with Gasteiger partial charge in [0.1, 0.15) is 23.2 Å². The molecule has 3 aromatic rings. The van der Waals surface area contributed by atoms with Gasteiger partial charge in [-0.05, 0) is 57.6 Å². The maximum Gasteiger partial charge on any atom is 0.256 e. The van der Waals surface area contributed by atoms with Crippen LogP contribution < -0.4 is 27.0 Å². The van der Waals surface area contributed by atoms with Crippen molar-refractivity contribution in [2.45, 2.75) is 46.6 Å². The number of carbonyl (C=O) groups is 1. The van der Waals surface area contributed by atoms with Crippen LogP contribution in [0.1, 0.15) is 49.5 Å². The lowest BCUT2D eigenvalue weighted by molar-refractivity contribution is 0.0965. The van der Waals surface area contributed by atoms with Crippen molar-refractivity contribution in [3.05, 3.63) is 47.6 Å². The minimum absolute atomic E-state index is 0.108. The van der Waals surface area contributed by atoms with Crippen LogP contribution in [0.2, 0.25) is 0 Å². The number of rotatable bonds is 7. The molecule has 1 saturated heterocycles. The van der Waals surface area contributed by atoms with E-state index in [9.17, 15) is 4.79 Å². The Morgan fingerprint density at radius 2 is 1.85 bits per heavy atom. The maximum atomic E-state index is 12.9. The van der Waals surface area contributed by atoms with E-state index in [0.29, 0.717) is 45.8 Å². The number of benzene rings is 1. The van der Waals surface area contributed by atoms with Gasteiger partial charge in [-0.1, -0.05) is 26.8 Å². The summed E-state index contributed by atoms with van der Waals surface area (Å²) in [7, 11) is 4.21. The molecule has 1 fully saturated rings. The molecule has 0 saturated carbocycles. The van der Waals surface area contributed by atoms with Crippen LogP contribution in [0.25, 0.3) is 11.0 Å². The van der Waals surface area contributed by atoms with Gasteiger partial charge in [-0.15, -0.1) is 0 Å². The molecule has 0 unspecified atom stereocenters. The number of aryl methyl sites for hydroxylation is 1. The highest BCUT2D eigenvalue weighted by atomic mass is 16.1. The molecule has 0 radical (unpaired) electrons. The van der Waals surface area contributed by atoms with Gasteiger partial charge in [-0.25, -0.2) is 15.0 Å². The molecular weight excluding hydrogens is 506 g/mol. The van der Waals surface area contributed by atoms with Crippen molar-refractivity contribution in [1.82, 2.24) is 30.2 Å². The third-order valence-electron chi connectivity index (χ3n) is 7.09. The lowest BCUT2D eigenvalue weighted by atomic mass is 9.90. The van der Waals surface area contributed by atoms with Crippen LogP contribution in [0.15, 0.2) is 36.4 Å². The fourth-order valence-corrected chi connectivity index (χ4v) is 4.41. The summed E-state index contributed by atoms with van der Waals surface area (Å²) in [5.41, 5.74) is 15.2. The quantitative estimate of drug-likeness (QED) is 0.277. The first-order chi connectivity index (χ1) is 18.8. The van der Waals surface area contributed by atoms with Crippen molar-refractivity contribution in [3.8, 4) is 0 Å². The first-order valence-electron chi connectivity index (χ1n) is 13.3. The number of fused-ring (bicyclic) bond motifs is 1. The second-order valence-electron chi connectivity index (χ2n) is 11.4. The molecule has 3 heterocycles. The van der Waals surface area contributed by atoms with Crippen LogP contribution >= 0.6 is 0 Å². The maximum absolute atomic E-state index is 12.9. The molecule has 1 aliphatic heterocycles. The molecule has 4 rings (SSSR count). The average Bonchev–Trinajstić information content (AvgIpc) is 2.89. The van der Waals surface area contributed by atoms with Crippen molar-refractivity contribution < 1.29 is 4.79 Å². The number of nitrogen functional groups attached to an aromatic ring is 1. The van der Waals surface area contributed by atoms with E-state index in [0.717, 1.165) is 31.5 Å². The molecule has 1 amide bonds. The Kier molecular flexibility index (Phi) is 8.19. The summed E-state index contributed by atoms with van der Waals surface area (Å²) in [5, 5.41) is 14.1. The Bertz CT molecular complexity index is 1450. The number of nitrogens with two attached hydrogens (primary N) is 2. The summed E-state index contributed by atoms with van der Waals surface area (Å²) in [6, 6.07) is 5.80. The Morgan fingerprint density at radius 3 is 2.50 bits per heavy atom. The normalized spacial score (nSPS) is 15.0. The monoisotopic (exact) mass is 545 g/mol. The summed E-state index contributed by atoms with van der Waals surface area (Å²) in [5.74, 6) is 1.01. The fraction of sp³-hybridized carbons (Fsp3) is 0.429. The lowest BCUT2D eigenvalue weighted by Crippen LogP contribution is -2.42. The van der Waals surface area contributed by atoms with E-state index in [1.165, 1.54) is 12.4 Å². The zero-order valence-electron chi connectivity index (χ0n) is 24.0. The predicted octanol–water partition coefficient (Wildman–Crippen LogP) is 3.18. The molecule has 0 aliphatic carbocycles. The summed E-state index contributed by atoms with van der Waals surface area (Å²) in [6.45, 7) is 9.30. The number of carbonyl (C=O) groups excluding carboxylic acids is 1. The van der Waals surface area contributed by atoms with Gasteiger partial charge in [0.15, 0.2) is 11.6 Å². The number of allylic oxidation sites excluding steroid dienone is 1. The zero-order chi connectivity index (χ0) is 29.2. The van der Waals surface area contributed by atoms with Crippen LogP contribution in [-0.2, 0) is 0 Å². The smallest absolute Gasteiger partial charge is 0.256 e. The molecule has 7 N–H and O–H groups in total. The molecule has 1 aromatic carbocycles. The second kappa shape index (κ2) is 11.4. The molecule has 0 atom stereocenters. The van der Waals surface area contributed by atoms with Gasteiger partial charge in [0.25, 0.3) is 5.91 Å². The highest BCUT2D eigenvalue weighted by molar-refractivity contribution is 6.00. The molecule has 0 bridgehead atoms. The number of hydrogen-bond donors (Lipinski definition) is 5. The SMILES string of the molecule is Cc1ccc(C(=O)N/C(N)=C/C(=N)C(C)(C)C)cc1Nc1ncnc2c(N)nc(N3CCC(N(C)C)CC3)nc12. The van der Waals surface area contributed by atoms with Crippen molar-refractivity contribution >= 4 is 45.9 Å². The highest BCUT2D eigenvalue weighted by Crippen LogP contribution is 2.29. The van der Waals surface area contributed by atoms with E-state index in [2.05, 4.69) is 49.5 Å². The number of aromatic nitrogens is 4. The topological polar surface area (TPSA) is 175 Å². The van der Waals surface area contributed by atoms with Gasteiger partial charge in [0, 0.05) is 41.5 Å². The first-order valence-corrected chi connectivity index (χ1v) is 13.3. The molecular formula is C28H39N11O. The van der Waals surface area contributed by atoms with Gasteiger partial charge in [-0.2, -0.15) is 4.98 Å². The van der Waals surface area contributed by atoms with E-state index < -0.39 is 0 Å². The third kappa shape index (κ3) is 6.45. The van der Waals surface area contributed by atoms with Crippen molar-refractivity contribution in [2.24, 2.45) is 11.1 Å². The Labute approximate surface area is 234 Å². The molecule has 0 spiro atoms. The standard InChI is InChI=1S/C28H39N11O/c1-16-7-8-17(26(40)35-21(30)14-20(29)28(2,3)4)13-19(16)34-25-23-22(32-15-33-25)24(31)37-27(36-23)39-11-9-18(10-12-39)38(5)6/h7-8,13-15,18,29H,9-12,30H2,1-6H3,(H,35,40)(H2,31,36,37)(H,32,33,34)/b21-14+,29-20?. The number of nitrogens with one attached hydrogen (secondary N) is 3. The van der Waals surface area contributed by atoms with Crippen molar-refractivity contribution in [1.29, 1.82) is 5.41 Å². The molecule has 12 nitrogen and oxygen atoms in total. The summed E-state index contributed by atoms with van der Waals surface area (Å²) >= 11 is 0. The number of anilines is 4. The van der Waals surface area contributed by atoms with Crippen LogP contribution in [-0.4, -0.2) is 69.7 Å². The second-order valence-corrected chi connectivity index (χ2v) is 11.4. The van der Waals surface area contributed by atoms with Crippen molar-refractivity contribution in [2.75, 3.05) is 43.1 Å². The van der Waals surface area contributed by atoms with E-state index >= 15 is 0 Å². The van der Waals surface area contributed by atoms with Gasteiger partial charge in [0.2, 0.25) is 5.95 Å². The largest absolute Gasteiger partial charge is 0.385 e. The minimum Gasteiger partial charge on any atom is -0.385 e. The number of nitrogens with zero attached hydrogens (tertiary/aromatic N) is 6. The predicted molar refractivity (Wildman–Crippen MR) is 160 cm³/mol. The number of amides is 1. The van der Waals surface area contributed by atoms with Crippen LogP contribution in [0.4, 0.5) is 23.3 Å². The number of piperidine rings is 1. The molecule has 40 heavy (non-hydrogen) atoms. The van der Waals surface area contributed by atoms with Gasteiger partial charge >= 0.3 is 0 Å². The van der Waals surface area contributed by atoms with E-state index in [-0.39, 0.29) is 23.0 Å². The van der Waals surface area contributed by atoms with Crippen LogP contribution in [0, 0.1) is 17.7 Å². The van der Waals surface area contributed by atoms with Crippen LogP contribution in [0.3, 0.4) is 0 Å². The van der Waals surface area contributed by atoms with Crippen LogP contribution in [0.5, 0.6) is 0 Å². The van der Waals surface area contributed by atoms with E-state index in [4.69, 9.17) is 21.9 Å². The Balaban J connectivity index is 1.59. The Hall–Kier alpha value is -4.32. The van der Waals surface area contributed by atoms with E-state index in [1.54, 1.807) is 12.1 Å². The lowest BCUT2D eigenvalue weighted by Gasteiger charge is -2.35. The highest BCUT2D eigenvalue weighted by Gasteiger charge is 2.24. The Morgan fingerprint density at radius 1 is 1.15 bits per heavy atom. The molecule has 12 heteroatoms. The minimum atomic E-state index is -0.388. The number of hydrogen-bond acceptors (Lipinski definition) is 11. The molecule has 212 valence electrons. The molecule has 1 aliphatic rings. The van der Waals surface area contributed by atoms with E-state index in [1.807, 2.05) is 33.8 Å². The third-order valence-corrected chi connectivity index (χ3v) is 7.09. The average molecular weight is 546 g/mol. The van der Waals surface area contributed by atoms with Crippen molar-refractivity contribution in [3.63, 3.8) is 0 Å². The van der Waals surface area contributed by atoms with Gasteiger partial charge in [0.05, 0.1) is 0 Å². The zero-order valence-corrected chi connectivity index (χ0v) is 24.0. The summed E-state index contributed by atoms with van der Waals surface area (Å²) in [4.78, 5) is 35.4. The van der Waals surface area contributed by atoms with Gasteiger partial charge in [-0.3, -0.25) is 4.79 Å².